The molecule has 2 aromatic heterocycles. The Morgan fingerprint density at radius 2 is 1.73 bits per heavy atom. The first-order valence-electron chi connectivity index (χ1n) is 12.7. The number of hydrogen-bond donors (Lipinski definition) is 2. The van der Waals surface area contributed by atoms with Crippen LogP contribution in [0.5, 0.6) is 0 Å². The van der Waals surface area contributed by atoms with Crippen LogP contribution in [0, 0.1) is 6.92 Å². The molecule has 1 aromatic carbocycles. The van der Waals surface area contributed by atoms with Crippen molar-refractivity contribution < 1.29 is 9.90 Å². The Hall–Kier alpha value is -3.34. The molecule has 1 saturated carbocycles. The fraction of sp³-hybridized carbons (Fsp3) is 0.481. The van der Waals surface area contributed by atoms with Crippen molar-refractivity contribution in [3.63, 3.8) is 0 Å². The number of carbonyl (C=O) groups is 1. The molecule has 2 fully saturated rings. The summed E-state index contributed by atoms with van der Waals surface area (Å²) >= 11 is 0. The Labute approximate surface area is 217 Å². The van der Waals surface area contributed by atoms with Gasteiger partial charge in [-0.25, -0.2) is 9.97 Å². The normalized spacial score (nSPS) is 25.7. The zero-order valence-corrected chi connectivity index (χ0v) is 22.2. The minimum atomic E-state index is -0.824. The third kappa shape index (κ3) is 4.49. The van der Waals surface area contributed by atoms with Gasteiger partial charge in [0, 0.05) is 31.7 Å². The SMILES string of the molecule is Cc1cc(C(=O)N(C)c2ncc(N3C[C@]4(CC[C@](c5ccccc5)(N(C)C)CC4)NC3O)cn2)n(C)n1. The number of hydrogen-bond acceptors (Lipinski definition) is 8. The van der Waals surface area contributed by atoms with E-state index in [4.69, 9.17) is 0 Å². The number of rotatable bonds is 5. The van der Waals surface area contributed by atoms with Crippen LogP contribution < -0.4 is 15.1 Å². The van der Waals surface area contributed by atoms with Gasteiger partial charge in [-0.3, -0.25) is 24.6 Å². The zero-order valence-electron chi connectivity index (χ0n) is 22.2. The first kappa shape index (κ1) is 25.3. The second kappa shape index (κ2) is 9.51. The second-order valence-electron chi connectivity index (χ2n) is 10.6. The third-order valence-electron chi connectivity index (χ3n) is 8.19. The van der Waals surface area contributed by atoms with Crippen LogP contribution in [-0.2, 0) is 12.6 Å². The van der Waals surface area contributed by atoms with E-state index in [1.165, 1.54) is 10.5 Å². The van der Waals surface area contributed by atoms with Gasteiger partial charge in [0.1, 0.15) is 5.69 Å². The van der Waals surface area contributed by atoms with Crippen molar-refractivity contribution in [3.8, 4) is 0 Å². The van der Waals surface area contributed by atoms with Crippen molar-refractivity contribution in [2.75, 3.05) is 37.5 Å². The monoisotopic (exact) mass is 504 g/mol. The van der Waals surface area contributed by atoms with Crippen molar-refractivity contribution in [2.45, 2.75) is 50.0 Å². The highest BCUT2D eigenvalue weighted by molar-refractivity contribution is 6.03. The highest BCUT2D eigenvalue weighted by Gasteiger charge is 2.50. The summed E-state index contributed by atoms with van der Waals surface area (Å²) in [7, 11) is 7.70. The van der Waals surface area contributed by atoms with Gasteiger partial charge < -0.3 is 10.0 Å². The molecular weight excluding hydrogens is 468 g/mol. The average molecular weight is 505 g/mol. The highest BCUT2D eigenvalue weighted by Crippen LogP contribution is 2.46. The molecule has 3 aromatic rings. The lowest BCUT2D eigenvalue weighted by atomic mass is 9.69. The van der Waals surface area contributed by atoms with Crippen LogP contribution in [-0.4, -0.2) is 75.2 Å². The molecule has 1 spiro atoms. The maximum Gasteiger partial charge on any atom is 0.278 e. The number of aliphatic hydroxyl groups is 1. The molecule has 10 nitrogen and oxygen atoms in total. The van der Waals surface area contributed by atoms with E-state index >= 15 is 0 Å². The predicted octanol–water partition coefficient (Wildman–Crippen LogP) is 2.25. The minimum Gasteiger partial charge on any atom is -0.361 e. The van der Waals surface area contributed by atoms with Gasteiger partial charge in [-0.05, 0) is 58.3 Å². The summed E-state index contributed by atoms with van der Waals surface area (Å²) in [6, 6.07) is 12.5. The molecule has 1 aliphatic heterocycles. The summed E-state index contributed by atoms with van der Waals surface area (Å²) in [6.45, 7) is 2.51. The number of nitrogens with one attached hydrogen (secondary N) is 1. The largest absolute Gasteiger partial charge is 0.361 e. The van der Waals surface area contributed by atoms with Gasteiger partial charge in [0.05, 0.1) is 23.8 Å². The quantitative estimate of drug-likeness (QED) is 0.546. The van der Waals surface area contributed by atoms with Crippen molar-refractivity contribution >= 4 is 17.5 Å². The lowest BCUT2D eigenvalue weighted by molar-refractivity contribution is 0.0513. The van der Waals surface area contributed by atoms with E-state index in [2.05, 4.69) is 69.7 Å². The summed E-state index contributed by atoms with van der Waals surface area (Å²) < 4.78 is 1.56. The first-order chi connectivity index (χ1) is 17.6. The van der Waals surface area contributed by atoms with E-state index in [-0.39, 0.29) is 17.0 Å². The number of nitrogens with zero attached hydrogens (tertiary/aromatic N) is 7. The van der Waals surface area contributed by atoms with Gasteiger partial charge >= 0.3 is 0 Å². The standard InChI is InChI=1S/C27H36N8O2/c1-19-15-22(34(5)31-19)23(36)33(4)24-28-16-21(17-29-24)35-18-26(30-25(35)37)11-13-27(14-12-26,32(2)3)20-9-7-6-8-10-20/h6-10,15-17,25,30,37H,11-14,18H2,1-5H3/t25?,26-,27+. The summed E-state index contributed by atoms with van der Waals surface area (Å²) in [5, 5.41) is 18.6. The van der Waals surface area contributed by atoms with E-state index in [9.17, 15) is 9.90 Å². The van der Waals surface area contributed by atoms with Crippen LogP contribution in [0.4, 0.5) is 11.6 Å². The fourth-order valence-corrected chi connectivity index (χ4v) is 5.94. The molecule has 5 rings (SSSR count). The Bertz CT molecular complexity index is 1250. The Morgan fingerprint density at radius 1 is 1.08 bits per heavy atom. The maximum absolute atomic E-state index is 12.9. The van der Waals surface area contributed by atoms with Gasteiger partial charge in [0.25, 0.3) is 5.91 Å². The smallest absolute Gasteiger partial charge is 0.278 e. The lowest BCUT2D eigenvalue weighted by Gasteiger charge is -2.49. The summed E-state index contributed by atoms with van der Waals surface area (Å²) in [5.41, 5.74) is 3.10. The molecule has 0 radical (unpaired) electrons. The lowest BCUT2D eigenvalue weighted by Crippen LogP contribution is -2.54. The molecule has 1 unspecified atom stereocenters. The second-order valence-corrected chi connectivity index (χ2v) is 10.6. The van der Waals surface area contributed by atoms with Crippen LogP contribution in [0.1, 0.15) is 47.4 Å². The molecule has 1 atom stereocenters. The number of aryl methyl sites for hydroxylation is 2. The van der Waals surface area contributed by atoms with E-state index in [1.807, 2.05) is 11.8 Å². The molecule has 1 aliphatic carbocycles. The van der Waals surface area contributed by atoms with Gasteiger partial charge in [0.15, 0.2) is 6.35 Å². The van der Waals surface area contributed by atoms with Crippen LogP contribution in [0.2, 0.25) is 0 Å². The molecule has 1 saturated heterocycles. The number of anilines is 2. The summed E-state index contributed by atoms with van der Waals surface area (Å²) in [6.07, 6.45) is 6.38. The number of aliphatic hydroxyl groups excluding tert-OH is 1. The average Bonchev–Trinajstić information content (AvgIpc) is 3.41. The third-order valence-corrected chi connectivity index (χ3v) is 8.19. The molecule has 2 N–H and O–H groups in total. The predicted molar refractivity (Wildman–Crippen MR) is 142 cm³/mol. The van der Waals surface area contributed by atoms with E-state index in [0.29, 0.717) is 23.9 Å². The fourth-order valence-electron chi connectivity index (χ4n) is 5.94. The molecular formula is C27H36N8O2. The Kier molecular flexibility index (Phi) is 6.51. The van der Waals surface area contributed by atoms with Crippen molar-refractivity contribution in [3.05, 3.63) is 65.7 Å². The Morgan fingerprint density at radius 3 is 2.30 bits per heavy atom. The van der Waals surface area contributed by atoms with Crippen molar-refractivity contribution in [1.82, 2.24) is 30.0 Å². The maximum atomic E-state index is 12.9. The van der Waals surface area contributed by atoms with Gasteiger partial charge in [0.2, 0.25) is 5.95 Å². The molecule has 37 heavy (non-hydrogen) atoms. The van der Waals surface area contributed by atoms with Crippen LogP contribution in [0.15, 0.2) is 48.8 Å². The highest BCUT2D eigenvalue weighted by atomic mass is 16.3. The number of benzene rings is 1. The van der Waals surface area contributed by atoms with Gasteiger partial charge in [-0.2, -0.15) is 5.10 Å². The van der Waals surface area contributed by atoms with E-state index in [0.717, 1.165) is 31.4 Å². The number of amides is 1. The van der Waals surface area contributed by atoms with Crippen LogP contribution in [0.25, 0.3) is 0 Å². The van der Waals surface area contributed by atoms with E-state index < -0.39 is 6.35 Å². The summed E-state index contributed by atoms with van der Waals surface area (Å²) in [5.74, 6) is 0.0583. The molecule has 2 aliphatic rings. The molecule has 10 heteroatoms. The van der Waals surface area contributed by atoms with Crippen LogP contribution >= 0.6 is 0 Å². The van der Waals surface area contributed by atoms with E-state index in [1.54, 1.807) is 37.2 Å². The number of carbonyl (C=O) groups excluding carboxylic acids is 1. The zero-order chi connectivity index (χ0) is 26.4. The number of aromatic nitrogens is 4. The van der Waals surface area contributed by atoms with Crippen LogP contribution in [0.3, 0.4) is 0 Å². The topological polar surface area (TPSA) is 103 Å². The molecule has 1 amide bonds. The van der Waals surface area contributed by atoms with Gasteiger partial charge in [-0.15, -0.1) is 0 Å². The summed E-state index contributed by atoms with van der Waals surface area (Å²) in [4.78, 5) is 27.4. The van der Waals surface area contributed by atoms with Crippen molar-refractivity contribution in [1.29, 1.82) is 0 Å². The molecule has 0 bridgehead atoms. The minimum absolute atomic E-state index is 0.0130. The Balaban J connectivity index is 1.29. The molecule has 3 heterocycles. The van der Waals surface area contributed by atoms with Crippen molar-refractivity contribution in [2.24, 2.45) is 7.05 Å². The first-order valence-corrected chi connectivity index (χ1v) is 12.7. The van der Waals surface area contributed by atoms with Gasteiger partial charge in [-0.1, -0.05) is 30.3 Å². The molecule has 196 valence electrons.